The molecule has 0 N–H and O–H groups in total. The quantitative estimate of drug-likeness (QED) is 0.172. The van der Waals surface area contributed by atoms with E-state index in [0.29, 0.717) is 0 Å². The molecule has 0 saturated heterocycles. The summed E-state index contributed by atoms with van der Waals surface area (Å²) in [6.07, 6.45) is 0. The predicted octanol–water partition coefficient (Wildman–Crippen LogP) is 10.2. The second-order valence-electron chi connectivity index (χ2n) is 14.0. The highest BCUT2D eigenvalue weighted by Crippen LogP contribution is 2.48. The third kappa shape index (κ3) is 3.56. The molecule has 0 atom stereocenters. The molecule has 2 aromatic heterocycles. The minimum atomic E-state index is 0.108. The van der Waals surface area contributed by atoms with E-state index in [1.165, 1.54) is 93.9 Å². The summed E-state index contributed by atoms with van der Waals surface area (Å²) in [4.78, 5) is 2.47. The number of fused-ring (bicyclic) bond motifs is 11. The molecule has 0 radical (unpaired) electrons. The van der Waals surface area contributed by atoms with Crippen molar-refractivity contribution in [2.45, 2.75) is 0 Å². The molecule has 0 aliphatic carbocycles. The molecular formula is C48H30BN3. The molecule has 2 aliphatic heterocycles. The van der Waals surface area contributed by atoms with Crippen molar-refractivity contribution < 1.29 is 0 Å². The average molecular weight is 660 g/mol. The topological polar surface area (TPSA) is 13.1 Å². The second-order valence-corrected chi connectivity index (χ2v) is 14.0. The van der Waals surface area contributed by atoms with E-state index in [4.69, 9.17) is 0 Å². The number of benzene rings is 8. The van der Waals surface area contributed by atoms with Crippen LogP contribution < -0.4 is 21.3 Å². The van der Waals surface area contributed by atoms with Gasteiger partial charge in [-0.2, -0.15) is 0 Å². The first-order valence-electron chi connectivity index (χ1n) is 18.1. The normalized spacial score (nSPS) is 12.9. The fraction of sp³-hybridized carbons (Fsp3) is 0. The lowest BCUT2D eigenvalue weighted by molar-refractivity contribution is 1.17. The molecule has 0 bridgehead atoms. The smallest absolute Gasteiger partial charge is 0.252 e. The molecule has 0 amide bonds. The van der Waals surface area contributed by atoms with Gasteiger partial charge in [0, 0.05) is 55.5 Å². The Morgan fingerprint density at radius 1 is 0.365 bits per heavy atom. The van der Waals surface area contributed by atoms with Crippen molar-refractivity contribution in [2.75, 3.05) is 4.90 Å². The summed E-state index contributed by atoms with van der Waals surface area (Å²) in [5, 5.41) is 5.09. The Morgan fingerprint density at radius 3 is 1.71 bits per heavy atom. The lowest BCUT2D eigenvalue weighted by Gasteiger charge is -2.39. The molecule has 4 heteroatoms. The first-order valence-corrected chi connectivity index (χ1v) is 18.1. The Hall–Kier alpha value is -6.78. The summed E-state index contributed by atoms with van der Waals surface area (Å²) in [5.74, 6) is 0. The summed E-state index contributed by atoms with van der Waals surface area (Å²) in [6.45, 7) is 0.108. The lowest BCUT2D eigenvalue weighted by atomic mass is 9.34. The third-order valence-electron chi connectivity index (χ3n) is 11.5. The van der Waals surface area contributed by atoms with Gasteiger partial charge in [0.1, 0.15) is 0 Å². The van der Waals surface area contributed by atoms with E-state index < -0.39 is 0 Å². The Labute approximate surface area is 301 Å². The molecule has 3 nitrogen and oxygen atoms in total. The van der Waals surface area contributed by atoms with Crippen LogP contribution in [0.5, 0.6) is 0 Å². The van der Waals surface area contributed by atoms with E-state index in [1.807, 2.05) is 0 Å². The Kier molecular flexibility index (Phi) is 5.58. The van der Waals surface area contributed by atoms with Gasteiger partial charge in [0.15, 0.2) is 0 Å². The minimum absolute atomic E-state index is 0.108. The molecular weight excluding hydrogens is 629 g/mol. The highest BCUT2D eigenvalue weighted by Gasteiger charge is 2.42. The van der Waals surface area contributed by atoms with Crippen molar-refractivity contribution in [1.29, 1.82) is 0 Å². The van der Waals surface area contributed by atoms with Crippen molar-refractivity contribution in [1.82, 2.24) is 9.13 Å². The van der Waals surface area contributed by atoms with Crippen LogP contribution in [-0.4, -0.2) is 15.8 Å². The number of para-hydroxylation sites is 5. The number of anilines is 3. The third-order valence-corrected chi connectivity index (χ3v) is 11.5. The molecule has 0 saturated carbocycles. The van der Waals surface area contributed by atoms with Crippen LogP contribution in [0.15, 0.2) is 182 Å². The number of nitrogens with zero attached hydrogens (tertiary/aromatic N) is 3. The zero-order valence-corrected chi connectivity index (χ0v) is 28.2. The van der Waals surface area contributed by atoms with Gasteiger partial charge in [-0.1, -0.05) is 127 Å². The Balaban J connectivity index is 1.34. The molecule has 2 aliphatic rings. The van der Waals surface area contributed by atoms with Crippen molar-refractivity contribution in [2.24, 2.45) is 0 Å². The van der Waals surface area contributed by atoms with Crippen LogP contribution in [0.25, 0.3) is 66.1 Å². The molecule has 240 valence electrons. The average Bonchev–Trinajstić information content (AvgIpc) is 3.73. The van der Waals surface area contributed by atoms with Crippen LogP contribution in [0.1, 0.15) is 0 Å². The minimum Gasteiger partial charge on any atom is -0.311 e. The zero-order chi connectivity index (χ0) is 33.9. The van der Waals surface area contributed by atoms with Gasteiger partial charge in [0.2, 0.25) is 0 Å². The first kappa shape index (κ1) is 28.0. The van der Waals surface area contributed by atoms with Crippen LogP contribution in [0.4, 0.5) is 17.1 Å². The van der Waals surface area contributed by atoms with Crippen LogP contribution in [-0.2, 0) is 0 Å². The Bertz CT molecular complexity index is 3070. The van der Waals surface area contributed by atoms with Gasteiger partial charge in [-0.05, 0) is 76.5 Å². The van der Waals surface area contributed by atoms with Crippen molar-refractivity contribution in [3.63, 3.8) is 0 Å². The standard InChI is InChI=1S/C48H30BN3/c1-4-16-31(17-5-1)44-46-36(34-22-10-13-25-40(34)51(46)33-20-8-3-9-21-33)30-37-35-28-29-43-45-48(35)52(47(37)44)42-27-15-12-24-39(42)49(45)38-23-11-14-26-41(38)50(43)32-18-6-2-7-19-32/h1-30H. The summed E-state index contributed by atoms with van der Waals surface area (Å²) >= 11 is 0. The molecule has 4 heterocycles. The van der Waals surface area contributed by atoms with Gasteiger partial charge >= 0.3 is 0 Å². The van der Waals surface area contributed by atoms with E-state index in [1.54, 1.807) is 0 Å². The fourth-order valence-corrected chi connectivity index (χ4v) is 9.50. The van der Waals surface area contributed by atoms with Crippen molar-refractivity contribution in [3.8, 4) is 22.5 Å². The monoisotopic (exact) mass is 659 g/mol. The van der Waals surface area contributed by atoms with Crippen LogP contribution in [0.3, 0.4) is 0 Å². The van der Waals surface area contributed by atoms with Gasteiger partial charge in [-0.25, -0.2) is 0 Å². The van der Waals surface area contributed by atoms with E-state index in [9.17, 15) is 0 Å². The maximum Gasteiger partial charge on any atom is 0.252 e. The number of rotatable bonds is 3. The van der Waals surface area contributed by atoms with Crippen molar-refractivity contribution in [3.05, 3.63) is 182 Å². The van der Waals surface area contributed by atoms with Crippen LogP contribution >= 0.6 is 0 Å². The van der Waals surface area contributed by atoms with Gasteiger partial charge in [0.05, 0.1) is 22.1 Å². The van der Waals surface area contributed by atoms with E-state index >= 15 is 0 Å². The molecule has 10 aromatic rings. The molecule has 8 aromatic carbocycles. The molecule has 0 fully saturated rings. The summed E-state index contributed by atoms with van der Waals surface area (Å²) in [6, 6.07) is 67.0. The zero-order valence-electron chi connectivity index (χ0n) is 28.2. The molecule has 52 heavy (non-hydrogen) atoms. The van der Waals surface area contributed by atoms with E-state index in [0.717, 1.165) is 5.69 Å². The largest absolute Gasteiger partial charge is 0.311 e. The van der Waals surface area contributed by atoms with Crippen molar-refractivity contribution >= 4 is 83.8 Å². The highest BCUT2D eigenvalue weighted by atomic mass is 15.2. The second kappa shape index (κ2) is 10.4. The van der Waals surface area contributed by atoms with Gasteiger partial charge < -0.3 is 14.0 Å². The molecule has 0 unspecified atom stereocenters. The maximum absolute atomic E-state index is 2.61. The summed E-state index contributed by atoms with van der Waals surface area (Å²) in [7, 11) is 0. The molecule has 0 spiro atoms. The SMILES string of the molecule is c1ccc(-c2c3c(cc4c5ccc6c7c5n(c24)-c2ccccc2B7c2ccccc2N6c2ccccc2)c2ccccc2n3-c2ccccc2)cc1. The van der Waals surface area contributed by atoms with E-state index in [2.05, 4.69) is 196 Å². The highest BCUT2D eigenvalue weighted by molar-refractivity contribution is 7.00. The predicted molar refractivity (Wildman–Crippen MR) is 220 cm³/mol. The summed E-state index contributed by atoms with van der Waals surface area (Å²) in [5.41, 5.74) is 17.6. The first-order chi connectivity index (χ1) is 25.9. The Morgan fingerprint density at radius 2 is 0.942 bits per heavy atom. The van der Waals surface area contributed by atoms with E-state index in [-0.39, 0.29) is 6.71 Å². The summed E-state index contributed by atoms with van der Waals surface area (Å²) < 4.78 is 5.10. The van der Waals surface area contributed by atoms with Gasteiger partial charge in [-0.15, -0.1) is 0 Å². The molecule has 12 rings (SSSR count). The number of aromatic nitrogens is 2. The van der Waals surface area contributed by atoms with Crippen LogP contribution in [0, 0.1) is 0 Å². The van der Waals surface area contributed by atoms with Crippen LogP contribution in [0.2, 0.25) is 0 Å². The number of hydrogen-bond acceptors (Lipinski definition) is 1. The maximum atomic E-state index is 2.61. The number of hydrogen-bond donors (Lipinski definition) is 0. The lowest BCUT2D eigenvalue weighted by Crippen LogP contribution is -2.60. The van der Waals surface area contributed by atoms with Gasteiger partial charge in [-0.3, -0.25) is 0 Å². The fourth-order valence-electron chi connectivity index (χ4n) is 9.50. The van der Waals surface area contributed by atoms with Gasteiger partial charge in [0.25, 0.3) is 6.71 Å².